The normalized spacial score (nSPS) is 18.0. The molecule has 0 saturated heterocycles. The van der Waals surface area contributed by atoms with E-state index in [1.807, 2.05) is 0 Å². The van der Waals surface area contributed by atoms with Gasteiger partial charge in [0.1, 0.15) is 23.6 Å². The zero-order valence-corrected chi connectivity index (χ0v) is 25.6. The van der Waals surface area contributed by atoms with Crippen molar-refractivity contribution in [2.75, 3.05) is 5.32 Å². The maximum Gasteiger partial charge on any atom is 0.270 e. The number of amides is 2. The minimum absolute atomic E-state index is 0.0247. The first kappa shape index (κ1) is 31.7. The van der Waals surface area contributed by atoms with Crippen molar-refractivity contribution in [3.05, 3.63) is 47.4 Å². The highest BCUT2D eigenvalue weighted by Crippen LogP contribution is 2.42. The lowest BCUT2D eigenvalue weighted by molar-refractivity contribution is -0.121. The average Bonchev–Trinajstić information content (AvgIpc) is 3.64. The van der Waals surface area contributed by atoms with Crippen molar-refractivity contribution in [3.63, 3.8) is 0 Å². The molecule has 2 aliphatic carbocycles. The van der Waals surface area contributed by atoms with Crippen molar-refractivity contribution in [1.82, 2.24) is 30.3 Å². The lowest BCUT2D eigenvalue weighted by atomic mass is 9.66. The van der Waals surface area contributed by atoms with E-state index in [-0.39, 0.29) is 34.8 Å². The Balaban J connectivity index is 1.47. The fraction of sp³-hybridized carbons (Fsp3) is 0.594. The Kier molecular flexibility index (Phi) is 10.1. The molecular formula is C32H42F3N7O2. The number of pyridine rings is 1. The van der Waals surface area contributed by atoms with Gasteiger partial charge in [0.05, 0.1) is 5.69 Å². The highest BCUT2D eigenvalue weighted by atomic mass is 19.3. The molecule has 2 aliphatic rings. The van der Waals surface area contributed by atoms with Gasteiger partial charge in [-0.1, -0.05) is 64.2 Å². The number of rotatable bonds is 10. The van der Waals surface area contributed by atoms with Crippen LogP contribution in [0.2, 0.25) is 0 Å². The van der Waals surface area contributed by atoms with Gasteiger partial charge in [-0.2, -0.15) is 14.6 Å². The fourth-order valence-corrected chi connectivity index (χ4v) is 7.29. The van der Waals surface area contributed by atoms with Gasteiger partial charge in [0.15, 0.2) is 0 Å². The summed E-state index contributed by atoms with van der Waals surface area (Å²) in [6, 6.07) is 2.19. The number of alkyl halides is 2. The summed E-state index contributed by atoms with van der Waals surface area (Å²) in [5.74, 6) is -1.61. The van der Waals surface area contributed by atoms with Crippen molar-refractivity contribution in [2.45, 2.75) is 103 Å². The molecular weight excluding hydrogens is 571 g/mol. The van der Waals surface area contributed by atoms with Crippen LogP contribution in [0.3, 0.4) is 0 Å². The second-order valence-electron chi connectivity index (χ2n) is 12.4. The summed E-state index contributed by atoms with van der Waals surface area (Å²) in [6.07, 6.45) is 8.85. The Bertz CT molecular complexity index is 1410. The molecule has 2 fully saturated rings. The first-order chi connectivity index (χ1) is 21.2. The molecule has 0 bridgehead atoms. The van der Waals surface area contributed by atoms with Crippen LogP contribution in [0.5, 0.6) is 0 Å². The predicted molar refractivity (Wildman–Crippen MR) is 161 cm³/mol. The van der Waals surface area contributed by atoms with E-state index < -0.39 is 36.3 Å². The number of nitrogens with one attached hydrogen (secondary N) is 3. The number of hydrogen-bond donors (Lipinski definition) is 3. The molecule has 44 heavy (non-hydrogen) atoms. The third kappa shape index (κ3) is 6.83. The van der Waals surface area contributed by atoms with Gasteiger partial charge in [-0.05, 0) is 56.7 Å². The zero-order chi connectivity index (χ0) is 31.4. The lowest BCUT2D eigenvalue weighted by Crippen LogP contribution is -2.53. The van der Waals surface area contributed by atoms with Gasteiger partial charge in [-0.15, -0.1) is 0 Å². The second-order valence-corrected chi connectivity index (χ2v) is 12.4. The number of halogens is 3. The Morgan fingerprint density at radius 1 is 0.977 bits per heavy atom. The van der Waals surface area contributed by atoms with E-state index in [1.54, 1.807) is 19.9 Å². The van der Waals surface area contributed by atoms with Gasteiger partial charge in [0.2, 0.25) is 11.9 Å². The zero-order valence-electron chi connectivity index (χ0n) is 25.6. The fourth-order valence-electron chi connectivity index (χ4n) is 7.29. The molecule has 2 atom stereocenters. The van der Waals surface area contributed by atoms with Gasteiger partial charge in [0, 0.05) is 23.0 Å². The predicted octanol–water partition coefficient (Wildman–Crippen LogP) is 6.76. The van der Waals surface area contributed by atoms with Crippen molar-refractivity contribution in [1.29, 1.82) is 0 Å². The molecule has 0 radical (unpaired) electrons. The molecule has 3 heterocycles. The number of hydrogen-bond acceptors (Lipinski definition) is 5. The van der Waals surface area contributed by atoms with Crippen LogP contribution in [0.15, 0.2) is 24.4 Å². The Morgan fingerprint density at radius 3 is 2.16 bits per heavy atom. The minimum atomic E-state index is -2.73. The smallest absolute Gasteiger partial charge is 0.270 e. The molecule has 1 unspecified atom stereocenters. The molecule has 2 amide bonds. The summed E-state index contributed by atoms with van der Waals surface area (Å²) in [7, 11) is 0. The second kappa shape index (κ2) is 13.9. The molecule has 5 rings (SSSR count). The van der Waals surface area contributed by atoms with Gasteiger partial charge < -0.3 is 10.6 Å². The summed E-state index contributed by atoms with van der Waals surface area (Å²) >= 11 is 0. The van der Waals surface area contributed by atoms with Gasteiger partial charge in [0.25, 0.3) is 12.3 Å². The first-order valence-electron chi connectivity index (χ1n) is 15.8. The topological polar surface area (TPSA) is 118 Å². The van der Waals surface area contributed by atoms with Crippen LogP contribution in [-0.2, 0) is 4.79 Å². The molecule has 238 valence electrons. The van der Waals surface area contributed by atoms with Crippen LogP contribution in [0, 0.1) is 37.5 Å². The van der Waals surface area contributed by atoms with Gasteiger partial charge >= 0.3 is 0 Å². The Hall–Kier alpha value is -3.70. The number of carbonyl (C=O) groups excluding carboxylic acids is 2. The summed E-state index contributed by atoms with van der Waals surface area (Å²) < 4.78 is 43.5. The standard InChI is InChI=1S/C32H42F3N7O2/c1-18-26(19(2)41-40-18)23-14-15-25(37-30(23)35)38-32(44)28(39-31(43)24-16-17-36-42(24)20(3)29(33)34)27(21-10-6-4-7-11-21)22-12-8-5-9-13-22/h14-17,20-22,27-29H,4-13H2,1-3H3,(H,39,43)(H,40,41)(H,37,38,44)/t20?,28-/m0/s1. The van der Waals surface area contributed by atoms with Crippen LogP contribution in [0.4, 0.5) is 19.0 Å². The van der Waals surface area contributed by atoms with Crippen molar-refractivity contribution in [2.24, 2.45) is 17.8 Å². The van der Waals surface area contributed by atoms with Crippen LogP contribution in [0.25, 0.3) is 11.1 Å². The SMILES string of the molecule is Cc1n[nH]c(C)c1-c1ccc(NC(=O)[C@@H](NC(=O)c2ccnn2C(C)C(F)F)C(C2CCCCC2)C2CCCCC2)nc1F. The van der Waals surface area contributed by atoms with E-state index in [9.17, 15) is 18.4 Å². The molecule has 3 N–H and O–H groups in total. The summed E-state index contributed by atoms with van der Waals surface area (Å²) in [4.78, 5) is 31.9. The number of aryl methyl sites for hydroxylation is 2. The Morgan fingerprint density at radius 2 is 1.61 bits per heavy atom. The monoisotopic (exact) mass is 613 g/mol. The minimum Gasteiger partial charge on any atom is -0.339 e. The molecule has 3 aromatic heterocycles. The van der Waals surface area contributed by atoms with Crippen molar-refractivity contribution < 1.29 is 22.8 Å². The molecule has 0 spiro atoms. The lowest BCUT2D eigenvalue weighted by Gasteiger charge is -2.42. The van der Waals surface area contributed by atoms with Crippen molar-refractivity contribution >= 4 is 17.6 Å². The van der Waals surface area contributed by atoms with E-state index in [0.29, 0.717) is 17.0 Å². The first-order valence-corrected chi connectivity index (χ1v) is 15.8. The number of carbonyl (C=O) groups is 2. The number of nitrogens with zero attached hydrogens (tertiary/aromatic N) is 4. The Labute approximate surface area is 255 Å². The van der Waals surface area contributed by atoms with Crippen LogP contribution in [-0.4, -0.2) is 49.2 Å². The third-order valence-corrected chi connectivity index (χ3v) is 9.49. The summed E-state index contributed by atoms with van der Waals surface area (Å²) in [5, 5.41) is 16.7. The molecule has 2 saturated carbocycles. The van der Waals surface area contributed by atoms with Crippen LogP contribution < -0.4 is 10.6 Å². The number of anilines is 1. The van der Waals surface area contributed by atoms with E-state index in [0.717, 1.165) is 68.9 Å². The van der Waals surface area contributed by atoms with Gasteiger partial charge in [-0.3, -0.25) is 19.4 Å². The average molecular weight is 614 g/mol. The van der Waals surface area contributed by atoms with Crippen molar-refractivity contribution in [3.8, 4) is 11.1 Å². The maximum absolute atomic E-state index is 15.3. The molecule has 0 aromatic carbocycles. The number of aromatic amines is 1. The van der Waals surface area contributed by atoms with E-state index in [1.165, 1.54) is 25.3 Å². The van der Waals surface area contributed by atoms with E-state index in [4.69, 9.17) is 0 Å². The van der Waals surface area contributed by atoms with Gasteiger partial charge in [-0.25, -0.2) is 13.8 Å². The van der Waals surface area contributed by atoms with E-state index in [2.05, 4.69) is 30.9 Å². The largest absolute Gasteiger partial charge is 0.339 e. The van der Waals surface area contributed by atoms with Crippen LogP contribution >= 0.6 is 0 Å². The maximum atomic E-state index is 15.3. The number of aromatic nitrogens is 5. The highest BCUT2D eigenvalue weighted by molar-refractivity contribution is 6.00. The molecule has 3 aromatic rings. The molecule has 0 aliphatic heterocycles. The third-order valence-electron chi connectivity index (χ3n) is 9.49. The quantitative estimate of drug-likeness (QED) is 0.218. The van der Waals surface area contributed by atoms with E-state index >= 15 is 4.39 Å². The molecule has 12 heteroatoms. The number of H-pyrrole nitrogens is 1. The highest BCUT2D eigenvalue weighted by Gasteiger charge is 2.42. The summed E-state index contributed by atoms with van der Waals surface area (Å²) in [6.45, 7) is 4.86. The van der Waals surface area contributed by atoms with Crippen LogP contribution in [0.1, 0.15) is 99.1 Å². The summed E-state index contributed by atoms with van der Waals surface area (Å²) in [5.41, 5.74) is 2.17. The molecule has 9 nitrogen and oxygen atoms in total.